The molecule has 0 heterocycles. The molecule has 0 saturated carbocycles. The molecule has 1 unspecified atom stereocenters. The molecule has 0 saturated heterocycles. The monoisotopic (exact) mass is 272 g/mol. The largest absolute Gasteiger partial charge is 0.480 e. The Morgan fingerprint density at radius 3 is 2.11 bits per heavy atom. The quantitative estimate of drug-likeness (QED) is 0.607. The van der Waals surface area contributed by atoms with Crippen LogP contribution in [-0.4, -0.2) is 47.7 Å². The number of nitrogens with zero attached hydrogens (tertiary/aromatic N) is 1. The summed E-state index contributed by atoms with van der Waals surface area (Å²) in [6, 6.07) is 0.0203. The third kappa shape index (κ3) is 7.53. The van der Waals surface area contributed by atoms with E-state index in [4.69, 9.17) is 0 Å². The van der Waals surface area contributed by atoms with Crippen LogP contribution >= 0.6 is 0 Å². The van der Waals surface area contributed by atoms with Crippen molar-refractivity contribution in [1.29, 1.82) is 0 Å². The summed E-state index contributed by atoms with van der Waals surface area (Å²) < 4.78 is 0. The van der Waals surface area contributed by atoms with Crippen molar-refractivity contribution in [3.8, 4) is 0 Å². The summed E-state index contributed by atoms with van der Waals surface area (Å²) in [5.74, 6) is -0.186. The van der Waals surface area contributed by atoms with Crippen LogP contribution < -0.4 is 5.32 Å². The second kappa shape index (κ2) is 10.2. The van der Waals surface area contributed by atoms with Crippen molar-refractivity contribution in [2.75, 3.05) is 19.6 Å². The van der Waals surface area contributed by atoms with Crippen LogP contribution in [0.3, 0.4) is 0 Å². The molecular formula is C15H32N2O2. The van der Waals surface area contributed by atoms with Crippen molar-refractivity contribution >= 4 is 5.97 Å². The molecule has 0 aromatic carbocycles. The molecule has 0 rings (SSSR count). The van der Waals surface area contributed by atoms with Crippen molar-refractivity contribution in [2.24, 2.45) is 5.92 Å². The van der Waals surface area contributed by atoms with Gasteiger partial charge in [-0.05, 0) is 31.7 Å². The summed E-state index contributed by atoms with van der Waals surface area (Å²) in [6.45, 7) is 13.1. The Bertz CT molecular complexity index is 240. The Kier molecular flexibility index (Phi) is 9.88. The first kappa shape index (κ1) is 18.4. The molecule has 0 aromatic rings. The number of hydrogen-bond acceptors (Lipinski definition) is 3. The van der Waals surface area contributed by atoms with Crippen molar-refractivity contribution in [3.63, 3.8) is 0 Å². The molecule has 0 radical (unpaired) electrons. The van der Waals surface area contributed by atoms with E-state index in [-0.39, 0.29) is 0 Å². The third-order valence-corrected chi connectivity index (χ3v) is 3.41. The Balaban J connectivity index is 4.68. The molecule has 2 N–H and O–H groups in total. The number of carboxylic acid groups (broad SMARTS) is 1. The van der Waals surface area contributed by atoms with Gasteiger partial charge in [0.1, 0.15) is 6.04 Å². The predicted molar refractivity (Wildman–Crippen MR) is 80.5 cm³/mol. The van der Waals surface area contributed by atoms with Crippen LogP contribution in [0.15, 0.2) is 0 Å². The third-order valence-electron chi connectivity index (χ3n) is 3.41. The van der Waals surface area contributed by atoms with Gasteiger partial charge in [-0.3, -0.25) is 9.69 Å². The average molecular weight is 272 g/mol. The van der Waals surface area contributed by atoms with Crippen LogP contribution in [0.25, 0.3) is 0 Å². The van der Waals surface area contributed by atoms with Gasteiger partial charge in [-0.25, -0.2) is 0 Å². The Morgan fingerprint density at radius 1 is 1.16 bits per heavy atom. The van der Waals surface area contributed by atoms with Gasteiger partial charge in [0.15, 0.2) is 0 Å². The average Bonchev–Trinajstić information content (AvgIpc) is 2.34. The van der Waals surface area contributed by atoms with Crippen LogP contribution in [0, 0.1) is 5.92 Å². The summed E-state index contributed by atoms with van der Waals surface area (Å²) in [7, 11) is 0. The summed E-state index contributed by atoms with van der Waals surface area (Å²) in [6.07, 6.45) is 3.10. The van der Waals surface area contributed by atoms with Crippen LogP contribution in [0.5, 0.6) is 0 Å². The van der Waals surface area contributed by atoms with Crippen LogP contribution in [-0.2, 0) is 4.79 Å². The first-order valence-corrected chi connectivity index (χ1v) is 7.66. The highest BCUT2D eigenvalue weighted by atomic mass is 16.4. The summed E-state index contributed by atoms with van der Waals surface area (Å²) in [5, 5.41) is 12.5. The predicted octanol–water partition coefficient (Wildman–Crippen LogP) is 2.59. The van der Waals surface area contributed by atoms with Crippen molar-refractivity contribution < 1.29 is 9.90 Å². The van der Waals surface area contributed by atoms with Gasteiger partial charge in [0.05, 0.1) is 0 Å². The van der Waals surface area contributed by atoms with Gasteiger partial charge in [0.25, 0.3) is 0 Å². The van der Waals surface area contributed by atoms with Gasteiger partial charge in [-0.15, -0.1) is 0 Å². The van der Waals surface area contributed by atoms with Crippen molar-refractivity contribution in [2.45, 2.75) is 66.0 Å². The van der Waals surface area contributed by atoms with E-state index in [2.05, 4.69) is 44.8 Å². The maximum absolute atomic E-state index is 11.3. The molecule has 0 aliphatic carbocycles. The highest BCUT2D eigenvalue weighted by Crippen LogP contribution is 2.12. The van der Waals surface area contributed by atoms with Crippen LogP contribution in [0.1, 0.15) is 53.9 Å². The lowest BCUT2D eigenvalue weighted by Crippen LogP contribution is -2.50. The fourth-order valence-corrected chi connectivity index (χ4v) is 2.43. The van der Waals surface area contributed by atoms with Crippen molar-refractivity contribution in [3.05, 3.63) is 0 Å². The molecule has 0 spiro atoms. The maximum Gasteiger partial charge on any atom is 0.322 e. The first-order valence-electron chi connectivity index (χ1n) is 7.66. The second-order valence-electron chi connectivity index (χ2n) is 5.66. The number of nitrogens with one attached hydrogen (secondary N) is 1. The number of aliphatic carboxylic acids is 1. The lowest BCUT2D eigenvalue weighted by Gasteiger charge is -2.34. The molecule has 1 atom stereocenters. The van der Waals surface area contributed by atoms with E-state index in [0.29, 0.717) is 18.5 Å². The lowest BCUT2D eigenvalue weighted by molar-refractivity contribution is -0.140. The van der Waals surface area contributed by atoms with Gasteiger partial charge >= 0.3 is 5.97 Å². The van der Waals surface area contributed by atoms with E-state index >= 15 is 0 Å². The van der Waals surface area contributed by atoms with Crippen molar-refractivity contribution in [1.82, 2.24) is 10.2 Å². The van der Waals surface area contributed by atoms with E-state index in [1.165, 1.54) is 0 Å². The normalized spacial score (nSPS) is 13.5. The molecule has 114 valence electrons. The van der Waals surface area contributed by atoms with E-state index in [1.807, 2.05) is 0 Å². The Morgan fingerprint density at radius 2 is 1.74 bits per heavy atom. The number of rotatable bonds is 11. The second-order valence-corrected chi connectivity index (χ2v) is 5.66. The highest BCUT2D eigenvalue weighted by Gasteiger charge is 2.24. The molecule has 4 heteroatoms. The Hall–Kier alpha value is -0.610. The highest BCUT2D eigenvalue weighted by molar-refractivity contribution is 5.73. The Labute approximate surface area is 118 Å². The molecule has 0 fully saturated rings. The molecule has 0 aliphatic heterocycles. The van der Waals surface area contributed by atoms with E-state index in [0.717, 1.165) is 32.4 Å². The fraction of sp³-hybridized carbons (Fsp3) is 0.933. The SMILES string of the molecule is CCCNC(CN(CC(C)C)C(CC)CC)C(=O)O. The van der Waals surface area contributed by atoms with Gasteiger partial charge < -0.3 is 10.4 Å². The standard InChI is InChI=1S/C15H32N2O2/c1-6-9-16-14(15(18)19)11-17(10-12(4)5)13(7-2)8-3/h12-14,16H,6-11H2,1-5H3,(H,18,19). The smallest absolute Gasteiger partial charge is 0.322 e. The number of hydrogen-bond donors (Lipinski definition) is 2. The molecule has 0 amide bonds. The first-order chi connectivity index (χ1) is 8.96. The van der Waals surface area contributed by atoms with Gasteiger partial charge in [-0.2, -0.15) is 0 Å². The number of carboxylic acids is 1. The molecule has 0 aliphatic rings. The number of carbonyl (C=O) groups is 1. The van der Waals surface area contributed by atoms with Gasteiger partial charge in [0, 0.05) is 19.1 Å². The molecular weight excluding hydrogens is 240 g/mol. The van der Waals surface area contributed by atoms with Gasteiger partial charge in [0.2, 0.25) is 0 Å². The van der Waals surface area contributed by atoms with E-state index < -0.39 is 12.0 Å². The van der Waals surface area contributed by atoms with Crippen LogP contribution in [0.2, 0.25) is 0 Å². The zero-order valence-electron chi connectivity index (χ0n) is 13.3. The molecule has 0 bridgehead atoms. The minimum atomic E-state index is -0.742. The summed E-state index contributed by atoms with van der Waals surface area (Å²) in [5.41, 5.74) is 0. The molecule has 19 heavy (non-hydrogen) atoms. The van der Waals surface area contributed by atoms with Crippen LogP contribution in [0.4, 0.5) is 0 Å². The summed E-state index contributed by atoms with van der Waals surface area (Å²) in [4.78, 5) is 13.7. The zero-order valence-corrected chi connectivity index (χ0v) is 13.3. The lowest BCUT2D eigenvalue weighted by atomic mass is 10.1. The summed E-state index contributed by atoms with van der Waals surface area (Å²) >= 11 is 0. The molecule has 4 nitrogen and oxygen atoms in total. The molecule has 0 aromatic heterocycles. The maximum atomic E-state index is 11.3. The fourth-order valence-electron chi connectivity index (χ4n) is 2.43. The topological polar surface area (TPSA) is 52.6 Å². The van der Waals surface area contributed by atoms with E-state index in [1.54, 1.807) is 0 Å². The van der Waals surface area contributed by atoms with E-state index in [9.17, 15) is 9.90 Å². The van der Waals surface area contributed by atoms with Gasteiger partial charge in [-0.1, -0.05) is 34.6 Å². The minimum Gasteiger partial charge on any atom is -0.480 e. The zero-order chi connectivity index (χ0) is 14.8. The minimum absolute atomic E-state index is 0.459.